The molecule has 0 saturated heterocycles. The monoisotopic (exact) mass is 317 g/mol. The van der Waals surface area contributed by atoms with Crippen molar-refractivity contribution in [3.8, 4) is 11.8 Å². The van der Waals surface area contributed by atoms with E-state index in [9.17, 15) is 5.11 Å². The molecular weight excluding hydrogens is 302 g/mol. The van der Waals surface area contributed by atoms with Gasteiger partial charge in [-0.3, -0.25) is 0 Å². The molecule has 0 unspecified atom stereocenters. The number of rotatable bonds is 3. The topological polar surface area (TPSA) is 67.3 Å². The van der Waals surface area contributed by atoms with Crippen molar-refractivity contribution in [2.45, 2.75) is 6.92 Å². The minimum atomic E-state index is 0. The summed E-state index contributed by atoms with van der Waals surface area (Å²) in [5.74, 6) is 0.881. The van der Waals surface area contributed by atoms with Gasteiger partial charge < -0.3 is 15.2 Å². The van der Waals surface area contributed by atoms with Gasteiger partial charge in [0.2, 0.25) is 0 Å². The van der Waals surface area contributed by atoms with Crippen molar-refractivity contribution in [1.82, 2.24) is 9.97 Å². The average molecular weight is 318 g/mol. The van der Waals surface area contributed by atoms with Gasteiger partial charge in [-0.1, -0.05) is 18.2 Å². The molecule has 6 heteroatoms. The molecule has 0 radical (unpaired) electrons. The molecule has 0 bridgehead atoms. The number of para-hydroxylation sites is 1. The van der Waals surface area contributed by atoms with Gasteiger partial charge >= 0.3 is 6.01 Å². The first-order valence-corrected chi connectivity index (χ1v) is 6.55. The average Bonchev–Trinajstić information content (AvgIpc) is 2.51. The van der Waals surface area contributed by atoms with E-state index in [0.717, 1.165) is 22.2 Å². The molecule has 0 saturated carbocycles. The van der Waals surface area contributed by atoms with Gasteiger partial charge in [0, 0.05) is 17.1 Å². The molecule has 22 heavy (non-hydrogen) atoms. The van der Waals surface area contributed by atoms with Crippen LogP contribution in [0.4, 0.5) is 11.5 Å². The largest absolute Gasteiger partial charge is 0.508 e. The fourth-order valence-electron chi connectivity index (χ4n) is 2.07. The molecule has 5 nitrogen and oxygen atoms in total. The maximum Gasteiger partial charge on any atom is 0.318 e. The van der Waals surface area contributed by atoms with E-state index in [2.05, 4.69) is 15.3 Å². The number of aromatic nitrogens is 2. The number of aryl methyl sites for hydroxylation is 1. The number of methoxy groups -OCH3 is 1. The molecule has 0 atom stereocenters. The first-order chi connectivity index (χ1) is 10.2. The maximum absolute atomic E-state index is 9.79. The van der Waals surface area contributed by atoms with Gasteiger partial charge in [-0.05, 0) is 30.7 Å². The van der Waals surface area contributed by atoms with Crippen LogP contribution in [-0.4, -0.2) is 22.2 Å². The van der Waals surface area contributed by atoms with Gasteiger partial charge in [0.15, 0.2) is 0 Å². The summed E-state index contributed by atoms with van der Waals surface area (Å²) in [6.45, 7) is 1.85. The van der Waals surface area contributed by atoms with Crippen LogP contribution in [0.3, 0.4) is 0 Å². The summed E-state index contributed by atoms with van der Waals surface area (Å²) in [5, 5.41) is 13.9. The lowest BCUT2D eigenvalue weighted by molar-refractivity contribution is 0.382. The molecule has 1 aromatic heterocycles. The fraction of sp³-hybridized carbons (Fsp3) is 0.125. The molecule has 114 valence electrons. The summed E-state index contributed by atoms with van der Waals surface area (Å²) in [6.07, 6.45) is 0. The Hall–Kier alpha value is -2.53. The lowest BCUT2D eigenvalue weighted by Crippen LogP contribution is -1.99. The zero-order valence-corrected chi connectivity index (χ0v) is 13.0. The Morgan fingerprint density at radius 1 is 1.09 bits per heavy atom. The molecule has 3 aromatic rings. The number of anilines is 2. The third-order valence-corrected chi connectivity index (χ3v) is 3.24. The minimum absolute atomic E-state index is 0. The predicted molar refractivity (Wildman–Crippen MR) is 89.5 cm³/mol. The van der Waals surface area contributed by atoms with Crippen LogP contribution in [0.5, 0.6) is 11.8 Å². The van der Waals surface area contributed by atoms with E-state index in [-0.39, 0.29) is 18.2 Å². The van der Waals surface area contributed by atoms with Crippen LogP contribution in [0.2, 0.25) is 0 Å². The van der Waals surface area contributed by atoms with Gasteiger partial charge in [-0.25, -0.2) is 0 Å². The van der Waals surface area contributed by atoms with E-state index < -0.39 is 0 Å². The maximum atomic E-state index is 9.79. The second-order valence-electron chi connectivity index (χ2n) is 4.70. The number of phenols is 1. The Labute approximate surface area is 134 Å². The second-order valence-corrected chi connectivity index (χ2v) is 4.70. The van der Waals surface area contributed by atoms with Crippen molar-refractivity contribution < 1.29 is 9.84 Å². The zero-order chi connectivity index (χ0) is 14.8. The Morgan fingerprint density at radius 3 is 2.59 bits per heavy atom. The third kappa shape index (κ3) is 3.04. The van der Waals surface area contributed by atoms with Crippen LogP contribution in [0.15, 0.2) is 42.5 Å². The van der Waals surface area contributed by atoms with Crippen molar-refractivity contribution in [3.63, 3.8) is 0 Å². The highest BCUT2D eigenvalue weighted by Gasteiger charge is 2.08. The molecule has 3 rings (SSSR count). The molecular formula is C16H16ClN3O2. The summed E-state index contributed by atoms with van der Waals surface area (Å²) in [4.78, 5) is 8.65. The van der Waals surface area contributed by atoms with E-state index in [1.165, 1.54) is 7.11 Å². The van der Waals surface area contributed by atoms with Crippen molar-refractivity contribution in [1.29, 1.82) is 0 Å². The van der Waals surface area contributed by atoms with Crippen molar-refractivity contribution in [2.24, 2.45) is 0 Å². The first kappa shape index (κ1) is 15.9. The number of hydrogen-bond donors (Lipinski definition) is 2. The summed E-state index contributed by atoms with van der Waals surface area (Å²) >= 11 is 0. The molecule has 0 fully saturated rings. The Bertz CT molecular complexity index is 808. The van der Waals surface area contributed by atoms with Crippen molar-refractivity contribution >= 4 is 34.8 Å². The van der Waals surface area contributed by atoms with Crippen LogP contribution in [0.25, 0.3) is 10.9 Å². The predicted octanol–water partition coefficient (Wildman–Crippen LogP) is 3.82. The smallest absolute Gasteiger partial charge is 0.318 e. The number of ether oxygens (including phenoxy) is 1. The van der Waals surface area contributed by atoms with Crippen LogP contribution in [0, 0.1) is 6.92 Å². The first-order valence-electron chi connectivity index (χ1n) is 6.55. The molecule has 0 spiro atoms. The van der Waals surface area contributed by atoms with E-state index in [4.69, 9.17) is 4.74 Å². The number of fused-ring (bicyclic) bond motifs is 1. The number of nitrogens with zero attached hydrogens (tertiary/aromatic N) is 2. The van der Waals surface area contributed by atoms with Crippen LogP contribution in [-0.2, 0) is 0 Å². The quantitative estimate of drug-likeness (QED) is 0.768. The van der Waals surface area contributed by atoms with Crippen LogP contribution < -0.4 is 10.1 Å². The highest BCUT2D eigenvalue weighted by molar-refractivity contribution is 5.91. The lowest BCUT2D eigenvalue weighted by Gasteiger charge is -2.11. The molecule has 1 heterocycles. The number of benzene rings is 2. The van der Waals surface area contributed by atoms with Gasteiger partial charge in [-0.2, -0.15) is 9.97 Å². The Morgan fingerprint density at radius 2 is 1.86 bits per heavy atom. The van der Waals surface area contributed by atoms with Gasteiger partial charge in [-0.15, -0.1) is 12.4 Å². The van der Waals surface area contributed by atoms with Crippen LogP contribution >= 0.6 is 12.4 Å². The summed E-state index contributed by atoms with van der Waals surface area (Å²) in [5.41, 5.74) is 2.37. The molecule has 2 aromatic carbocycles. The lowest BCUT2D eigenvalue weighted by atomic mass is 10.2. The number of halogens is 1. The van der Waals surface area contributed by atoms with Crippen LogP contribution in [0.1, 0.15) is 5.56 Å². The minimum Gasteiger partial charge on any atom is -0.508 e. The molecule has 0 aliphatic rings. The third-order valence-electron chi connectivity index (χ3n) is 3.24. The summed E-state index contributed by atoms with van der Waals surface area (Å²) < 4.78 is 5.13. The normalized spacial score (nSPS) is 10.1. The molecule has 0 aliphatic heterocycles. The van der Waals surface area contributed by atoms with Gasteiger partial charge in [0.05, 0.1) is 12.6 Å². The van der Waals surface area contributed by atoms with E-state index in [1.807, 2.05) is 43.3 Å². The Balaban J connectivity index is 0.00000176. The number of phenolic OH excluding ortho intramolecular Hbond substituents is 1. The van der Waals surface area contributed by atoms with Crippen molar-refractivity contribution in [2.75, 3.05) is 12.4 Å². The molecule has 0 aliphatic carbocycles. The second kappa shape index (κ2) is 6.49. The fourth-order valence-corrected chi connectivity index (χ4v) is 2.07. The molecule has 0 amide bonds. The van der Waals surface area contributed by atoms with E-state index in [0.29, 0.717) is 11.8 Å². The number of nitrogens with one attached hydrogen (secondary N) is 1. The Kier molecular flexibility index (Phi) is 4.68. The standard InChI is InChI=1S/C16H15N3O2.ClH/c1-10-7-8-11(9-14(10)20)17-15-12-5-3-4-6-13(12)18-16(19-15)21-2;/h3-9,20H,1-2H3,(H,17,18,19);1H. The highest BCUT2D eigenvalue weighted by Crippen LogP contribution is 2.28. The van der Waals surface area contributed by atoms with Gasteiger partial charge in [0.1, 0.15) is 11.6 Å². The van der Waals surface area contributed by atoms with Crippen molar-refractivity contribution in [3.05, 3.63) is 48.0 Å². The number of hydrogen-bond acceptors (Lipinski definition) is 5. The SMILES string of the molecule is COc1nc(Nc2ccc(C)c(O)c2)c2ccccc2n1.Cl. The van der Waals surface area contributed by atoms with E-state index in [1.54, 1.807) is 6.07 Å². The summed E-state index contributed by atoms with van der Waals surface area (Å²) in [6, 6.07) is 13.4. The van der Waals surface area contributed by atoms with E-state index >= 15 is 0 Å². The number of aromatic hydroxyl groups is 1. The summed E-state index contributed by atoms with van der Waals surface area (Å²) in [7, 11) is 1.53. The van der Waals surface area contributed by atoms with Gasteiger partial charge in [0.25, 0.3) is 0 Å². The zero-order valence-electron chi connectivity index (χ0n) is 12.2. The highest BCUT2D eigenvalue weighted by atomic mass is 35.5. The molecule has 2 N–H and O–H groups in total.